The van der Waals surface area contributed by atoms with Crippen LogP contribution in [0.2, 0.25) is 5.02 Å². The van der Waals surface area contributed by atoms with E-state index in [1.165, 1.54) is 19.3 Å². The van der Waals surface area contributed by atoms with Crippen molar-refractivity contribution in [1.29, 1.82) is 0 Å². The standard InChI is InChI=1S/C10H7ClO4/c1-5(12)15-8-4-14-10-6(8)2-3-7(13)9(10)11/h2-4,13H,1H3. The summed E-state index contributed by atoms with van der Waals surface area (Å²) in [6, 6.07) is 2.98. The molecule has 0 aliphatic carbocycles. The second-order valence-electron chi connectivity index (χ2n) is 2.97. The van der Waals surface area contributed by atoms with Crippen LogP contribution in [-0.4, -0.2) is 11.1 Å². The van der Waals surface area contributed by atoms with Crippen LogP contribution >= 0.6 is 11.6 Å². The van der Waals surface area contributed by atoms with Gasteiger partial charge >= 0.3 is 5.97 Å². The van der Waals surface area contributed by atoms with Crippen LogP contribution in [0.15, 0.2) is 22.8 Å². The number of rotatable bonds is 1. The van der Waals surface area contributed by atoms with Crippen molar-refractivity contribution in [3.8, 4) is 11.5 Å². The predicted octanol–water partition coefficient (Wildman–Crippen LogP) is 2.72. The maximum absolute atomic E-state index is 10.8. The summed E-state index contributed by atoms with van der Waals surface area (Å²) >= 11 is 5.79. The predicted molar refractivity (Wildman–Crippen MR) is 54.2 cm³/mol. The normalized spacial score (nSPS) is 10.5. The van der Waals surface area contributed by atoms with Crippen molar-refractivity contribution >= 4 is 28.5 Å². The molecule has 2 aromatic rings. The number of phenolic OH excluding ortho intramolecular Hbond substituents is 1. The molecule has 5 heteroatoms. The number of benzene rings is 1. The SMILES string of the molecule is CC(=O)Oc1coc2c(Cl)c(O)ccc12. The van der Waals surface area contributed by atoms with E-state index in [9.17, 15) is 9.90 Å². The summed E-state index contributed by atoms with van der Waals surface area (Å²) in [5, 5.41) is 9.96. The molecule has 0 saturated carbocycles. The van der Waals surface area contributed by atoms with Crippen molar-refractivity contribution in [3.05, 3.63) is 23.4 Å². The molecule has 1 aromatic carbocycles. The van der Waals surface area contributed by atoms with Crippen molar-refractivity contribution in [2.45, 2.75) is 6.92 Å². The average Bonchev–Trinajstić information content (AvgIpc) is 2.55. The second-order valence-corrected chi connectivity index (χ2v) is 3.35. The van der Waals surface area contributed by atoms with Crippen molar-refractivity contribution in [3.63, 3.8) is 0 Å². The van der Waals surface area contributed by atoms with Crippen LogP contribution < -0.4 is 4.74 Å². The zero-order valence-electron chi connectivity index (χ0n) is 7.78. The molecule has 0 bridgehead atoms. The fourth-order valence-corrected chi connectivity index (χ4v) is 1.47. The molecule has 0 amide bonds. The van der Waals surface area contributed by atoms with Gasteiger partial charge < -0.3 is 14.3 Å². The van der Waals surface area contributed by atoms with Crippen LogP contribution in [0.3, 0.4) is 0 Å². The Hall–Kier alpha value is -1.68. The highest BCUT2D eigenvalue weighted by Crippen LogP contribution is 2.37. The Morgan fingerprint density at radius 1 is 1.53 bits per heavy atom. The lowest BCUT2D eigenvalue weighted by Crippen LogP contribution is -2.00. The molecule has 0 atom stereocenters. The van der Waals surface area contributed by atoms with E-state index >= 15 is 0 Å². The number of carbonyl (C=O) groups is 1. The van der Waals surface area contributed by atoms with E-state index in [0.717, 1.165) is 0 Å². The molecule has 0 saturated heterocycles. The highest BCUT2D eigenvalue weighted by molar-refractivity contribution is 6.36. The van der Waals surface area contributed by atoms with Crippen molar-refractivity contribution in [2.24, 2.45) is 0 Å². The van der Waals surface area contributed by atoms with Crippen LogP contribution in [0.25, 0.3) is 11.0 Å². The number of phenols is 1. The number of fused-ring (bicyclic) bond motifs is 1. The second kappa shape index (κ2) is 3.47. The monoisotopic (exact) mass is 226 g/mol. The summed E-state index contributed by atoms with van der Waals surface area (Å²) in [6.07, 6.45) is 1.28. The Morgan fingerprint density at radius 2 is 2.27 bits per heavy atom. The van der Waals surface area contributed by atoms with Gasteiger partial charge in [0.05, 0.1) is 5.39 Å². The zero-order chi connectivity index (χ0) is 11.0. The summed E-state index contributed by atoms with van der Waals surface area (Å²) in [5.41, 5.74) is 0.299. The molecule has 0 spiro atoms. The zero-order valence-corrected chi connectivity index (χ0v) is 8.54. The first-order valence-corrected chi connectivity index (χ1v) is 4.54. The lowest BCUT2D eigenvalue weighted by molar-refractivity contribution is -0.131. The first kappa shape index (κ1) is 9.86. The lowest BCUT2D eigenvalue weighted by Gasteiger charge is -1.98. The molecule has 0 aliphatic rings. The minimum atomic E-state index is -0.443. The Labute approximate surface area is 90.0 Å². The highest BCUT2D eigenvalue weighted by atomic mass is 35.5. The van der Waals surface area contributed by atoms with Crippen LogP contribution in [0, 0.1) is 0 Å². The van der Waals surface area contributed by atoms with Gasteiger partial charge in [-0.3, -0.25) is 4.79 Å². The van der Waals surface area contributed by atoms with Gasteiger partial charge in [0, 0.05) is 6.92 Å². The molecule has 0 radical (unpaired) electrons. The smallest absolute Gasteiger partial charge is 0.308 e. The fourth-order valence-electron chi connectivity index (χ4n) is 1.26. The van der Waals surface area contributed by atoms with Gasteiger partial charge in [-0.05, 0) is 12.1 Å². The number of furan rings is 1. The highest BCUT2D eigenvalue weighted by Gasteiger charge is 2.14. The Kier molecular flexibility index (Phi) is 2.28. The van der Waals surface area contributed by atoms with Crippen LogP contribution in [0.5, 0.6) is 11.5 Å². The van der Waals surface area contributed by atoms with Gasteiger partial charge in [-0.25, -0.2) is 0 Å². The molecular weight excluding hydrogens is 220 g/mol. The quantitative estimate of drug-likeness (QED) is 0.760. The molecule has 15 heavy (non-hydrogen) atoms. The summed E-state index contributed by atoms with van der Waals surface area (Å²) in [6.45, 7) is 1.29. The fraction of sp³-hybridized carbons (Fsp3) is 0.100. The first-order valence-electron chi connectivity index (χ1n) is 4.16. The van der Waals surface area contributed by atoms with Gasteiger partial charge in [-0.15, -0.1) is 0 Å². The van der Waals surface area contributed by atoms with Crippen LogP contribution in [0.4, 0.5) is 0 Å². The van der Waals surface area contributed by atoms with E-state index in [1.54, 1.807) is 6.07 Å². The third kappa shape index (κ3) is 1.64. The number of hydrogen-bond acceptors (Lipinski definition) is 4. The molecule has 0 unspecified atom stereocenters. The van der Waals surface area contributed by atoms with E-state index in [1.807, 2.05) is 0 Å². The number of ether oxygens (including phenoxy) is 1. The van der Waals surface area contributed by atoms with E-state index in [4.69, 9.17) is 20.8 Å². The molecule has 4 nitrogen and oxygen atoms in total. The molecule has 0 aliphatic heterocycles. The van der Waals surface area contributed by atoms with E-state index < -0.39 is 5.97 Å². The topological polar surface area (TPSA) is 59.7 Å². The van der Waals surface area contributed by atoms with E-state index in [0.29, 0.717) is 16.7 Å². The van der Waals surface area contributed by atoms with E-state index in [2.05, 4.69) is 0 Å². The Balaban J connectivity index is 2.61. The van der Waals surface area contributed by atoms with Crippen molar-refractivity contribution < 1.29 is 19.1 Å². The minimum Gasteiger partial charge on any atom is -0.506 e. The lowest BCUT2D eigenvalue weighted by atomic mass is 10.2. The Bertz CT molecular complexity index is 529. The van der Waals surface area contributed by atoms with Gasteiger partial charge in [-0.1, -0.05) is 11.6 Å². The molecule has 1 aromatic heterocycles. The van der Waals surface area contributed by atoms with Gasteiger partial charge in [0.1, 0.15) is 17.0 Å². The molecule has 1 N–H and O–H groups in total. The van der Waals surface area contributed by atoms with E-state index in [-0.39, 0.29) is 10.8 Å². The average molecular weight is 227 g/mol. The van der Waals surface area contributed by atoms with Gasteiger partial charge in [0.15, 0.2) is 11.3 Å². The number of esters is 1. The number of aromatic hydroxyl groups is 1. The van der Waals surface area contributed by atoms with Crippen molar-refractivity contribution in [2.75, 3.05) is 0 Å². The van der Waals surface area contributed by atoms with Crippen LogP contribution in [-0.2, 0) is 4.79 Å². The third-order valence-electron chi connectivity index (χ3n) is 1.88. The minimum absolute atomic E-state index is 0.0760. The Morgan fingerprint density at radius 3 is 2.93 bits per heavy atom. The van der Waals surface area contributed by atoms with Crippen molar-refractivity contribution in [1.82, 2.24) is 0 Å². The van der Waals surface area contributed by atoms with Gasteiger partial charge in [-0.2, -0.15) is 0 Å². The first-order chi connectivity index (χ1) is 7.09. The summed E-state index contributed by atoms with van der Waals surface area (Å²) in [5.74, 6) is -0.228. The molecule has 1 heterocycles. The number of hydrogen-bond donors (Lipinski definition) is 1. The maximum Gasteiger partial charge on any atom is 0.308 e. The van der Waals surface area contributed by atoms with Gasteiger partial charge in [0.25, 0.3) is 0 Å². The molecule has 78 valence electrons. The van der Waals surface area contributed by atoms with Crippen LogP contribution in [0.1, 0.15) is 6.92 Å². The molecule has 0 fully saturated rings. The largest absolute Gasteiger partial charge is 0.506 e. The summed E-state index contributed by atoms with van der Waals surface area (Å²) in [7, 11) is 0. The molecule has 2 rings (SSSR count). The summed E-state index contributed by atoms with van der Waals surface area (Å²) < 4.78 is 9.98. The number of halogens is 1. The number of carbonyl (C=O) groups excluding carboxylic acids is 1. The third-order valence-corrected chi connectivity index (χ3v) is 2.24. The maximum atomic E-state index is 10.8. The summed E-state index contributed by atoms with van der Waals surface area (Å²) in [4.78, 5) is 10.8. The molecular formula is C10H7ClO4. The van der Waals surface area contributed by atoms with Gasteiger partial charge in [0.2, 0.25) is 0 Å².